The summed E-state index contributed by atoms with van der Waals surface area (Å²) in [6, 6.07) is 12.9. The number of fused-ring (bicyclic) bond motifs is 2. The minimum Gasteiger partial charge on any atom is -0.453 e. The van der Waals surface area contributed by atoms with Gasteiger partial charge >= 0.3 is 0 Å². The molecule has 30 heavy (non-hydrogen) atoms. The molecule has 148 valence electrons. The number of benzene rings is 2. The average molecular weight is 478 g/mol. The highest BCUT2D eigenvalue weighted by Gasteiger charge is 2.39. The highest BCUT2D eigenvalue weighted by atomic mass is 35.5. The van der Waals surface area contributed by atoms with Crippen molar-refractivity contribution >= 4 is 75.2 Å². The maximum atomic E-state index is 12.8. The zero-order chi connectivity index (χ0) is 21.2. The van der Waals surface area contributed by atoms with Crippen molar-refractivity contribution in [2.45, 2.75) is 0 Å². The summed E-state index contributed by atoms with van der Waals surface area (Å²) < 4.78 is 11.6. The van der Waals surface area contributed by atoms with Crippen molar-refractivity contribution in [3.63, 3.8) is 0 Å². The lowest BCUT2D eigenvalue weighted by molar-refractivity contribution is 0.0990. The van der Waals surface area contributed by atoms with E-state index in [0.29, 0.717) is 16.9 Å². The van der Waals surface area contributed by atoms with E-state index >= 15 is 0 Å². The van der Waals surface area contributed by atoms with Gasteiger partial charge in [0.25, 0.3) is 0 Å². The predicted molar refractivity (Wildman–Crippen MR) is 117 cm³/mol. The van der Waals surface area contributed by atoms with Crippen molar-refractivity contribution in [1.82, 2.24) is 0 Å². The first kappa shape index (κ1) is 19.5. The normalized spacial score (nSPS) is 13.4. The van der Waals surface area contributed by atoms with Crippen LogP contribution in [0.3, 0.4) is 0 Å². The monoisotopic (exact) mass is 476 g/mol. The van der Waals surface area contributed by atoms with Crippen molar-refractivity contribution in [3.8, 4) is 11.3 Å². The van der Waals surface area contributed by atoms with E-state index in [9.17, 15) is 9.59 Å². The Kier molecular flexibility index (Phi) is 4.56. The first-order valence-electron chi connectivity index (χ1n) is 8.62. The van der Waals surface area contributed by atoms with E-state index in [1.165, 1.54) is 6.08 Å². The Morgan fingerprint density at radius 2 is 1.27 bits per heavy atom. The van der Waals surface area contributed by atoms with Gasteiger partial charge in [0.1, 0.15) is 11.5 Å². The third-order valence-electron chi connectivity index (χ3n) is 4.78. The van der Waals surface area contributed by atoms with Crippen LogP contribution in [0.2, 0.25) is 20.1 Å². The van der Waals surface area contributed by atoms with Crippen LogP contribution in [0.15, 0.2) is 56.9 Å². The summed E-state index contributed by atoms with van der Waals surface area (Å²) in [5.41, 5.74) is 1.60. The highest BCUT2D eigenvalue weighted by Crippen LogP contribution is 2.46. The van der Waals surface area contributed by atoms with Gasteiger partial charge in [-0.2, -0.15) is 0 Å². The quantitative estimate of drug-likeness (QED) is 0.128. The molecule has 0 N–H and O–H groups in total. The first-order valence-corrected chi connectivity index (χ1v) is 10.1. The largest absolute Gasteiger partial charge is 0.453 e. The molecule has 2 heterocycles. The molecule has 5 rings (SSSR count). The Balaban J connectivity index is 1.57. The first-order chi connectivity index (χ1) is 14.4. The second-order valence-electron chi connectivity index (χ2n) is 6.58. The molecule has 0 bridgehead atoms. The van der Waals surface area contributed by atoms with Crippen LogP contribution < -0.4 is 0 Å². The van der Waals surface area contributed by atoms with Gasteiger partial charge in [0, 0.05) is 17.7 Å². The minimum atomic E-state index is -0.599. The number of rotatable bonds is 2. The van der Waals surface area contributed by atoms with Crippen LogP contribution in [0, 0.1) is 0 Å². The Morgan fingerprint density at radius 3 is 1.83 bits per heavy atom. The molecule has 0 aliphatic heterocycles. The molecule has 2 aromatic heterocycles. The number of halogens is 4. The van der Waals surface area contributed by atoms with Crippen molar-refractivity contribution in [2.24, 2.45) is 0 Å². The fourth-order valence-corrected chi connectivity index (χ4v) is 4.40. The van der Waals surface area contributed by atoms with Gasteiger partial charge in [-0.3, -0.25) is 9.59 Å². The van der Waals surface area contributed by atoms with Crippen molar-refractivity contribution in [3.05, 3.63) is 85.0 Å². The molecule has 8 heteroatoms. The molecule has 0 saturated heterocycles. The summed E-state index contributed by atoms with van der Waals surface area (Å²) >= 11 is 24.4. The standard InChI is InChI=1S/C22H8Cl4O4/c23-17-15-16(18(24)20(26)19(17)25)22(28)11(21(15)27)6-10-7-13-14(29-10)8-12(30-13)9-4-2-1-3-5-9/h1-8H. The lowest BCUT2D eigenvalue weighted by atomic mass is 10.1. The minimum absolute atomic E-state index is 0.0612. The van der Waals surface area contributed by atoms with Crippen LogP contribution in [0.5, 0.6) is 0 Å². The summed E-state index contributed by atoms with van der Waals surface area (Å²) in [5.74, 6) is -0.277. The fourth-order valence-electron chi connectivity index (χ4n) is 3.37. The van der Waals surface area contributed by atoms with Gasteiger partial charge < -0.3 is 8.83 Å². The average Bonchev–Trinajstić information content (AvgIpc) is 3.38. The summed E-state index contributed by atoms with van der Waals surface area (Å²) in [6.07, 6.45) is 1.33. The summed E-state index contributed by atoms with van der Waals surface area (Å²) in [7, 11) is 0. The lowest BCUT2D eigenvalue weighted by Crippen LogP contribution is -2.00. The number of hydrogen-bond acceptors (Lipinski definition) is 4. The number of ketones is 2. The predicted octanol–water partition coefficient (Wildman–Crippen LogP) is 7.77. The summed E-state index contributed by atoms with van der Waals surface area (Å²) in [6.45, 7) is 0. The number of carbonyl (C=O) groups is 2. The van der Waals surface area contributed by atoms with Gasteiger partial charge in [-0.25, -0.2) is 0 Å². The van der Waals surface area contributed by atoms with Crippen LogP contribution in [0.1, 0.15) is 26.5 Å². The lowest BCUT2D eigenvalue weighted by Gasteiger charge is -2.07. The molecule has 0 unspecified atom stereocenters. The molecular weight excluding hydrogens is 470 g/mol. The fraction of sp³-hybridized carbons (Fsp3) is 0. The van der Waals surface area contributed by atoms with E-state index in [2.05, 4.69) is 0 Å². The van der Waals surface area contributed by atoms with Crippen LogP contribution in [-0.2, 0) is 0 Å². The van der Waals surface area contributed by atoms with Gasteiger partial charge in [0.15, 0.2) is 22.7 Å². The molecule has 0 fully saturated rings. The molecule has 4 aromatic rings. The van der Waals surface area contributed by atoms with E-state index in [4.69, 9.17) is 55.2 Å². The number of hydrogen-bond donors (Lipinski definition) is 0. The zero-order valence-electron chi connectivity index (χ0n) is 14.8. The Bertz CT molecular complexity index is 1330. The van der Waals surface area contributed by atoms with Crippen LogP contribution in [0.4, 0.5) is 0 Å². The SMILES string of the molecule is O=C1C(=Cc2cc3oc(-c4ccccc4)cc3o2)C(=O)c2c(Cl)c(Cl)c(Cl)c(Cl)c21. The van der Waals surface area contributed by atoms with E-state index in [-0.39, 0.29) is 42.6 Å². The Morgan fingerprint density at radius 1 is 0.700 bits per heavy atom. The van der Waals surface area contributed by atoms with E-state index in [1.54, 1.807) is 12.1 Å². The van der Waals surface area contributed by atoms with Gasteiger partial charge in [-0.15, -0.1) is 0 Å². The maximum Gasteiger partial charge on any atom is 0.199 e. The topological polar surface area (TPSA) is 60.4 Å². The van der Waals surface area contributed by atoms with Gasteiger partial charge in [-0.1, -0.05) is 76.7 Å². The number of carbonyl (C=O) groups excluding carboxylic acids is 2. The molecule has 4 nitrogen and oxygen atoms in total. The molecular formula is C22H8Cl4O4. The third-order valence-corrected chi connectivity index (χ3v) is 6.58. The zero-order valence-corrected chi connectivity index (χ0v) is 17.8. The summed E-state index contributed by atoms with van der Waals surface area (Å²) in [4.78, 5) is 25.7. The van der Waals surface area contributed by atoms with E-state index in [1.807, 2.05) is 30.3 Å². The molecule has 0 amide bonds. The van der Waals surface area contributed by atoms with E-state index in [0.717, 1.165) is 5.56 Å². The second-order valence-corrected chi connectivity index (χ2v) is 8.09. The number of allylic oxidation sites excluding steroid dienone is 1. The van der Waals surface area contributed by atoms with Crippen LogP contribution >= 0.6 is 46.4 Å². The molecule has 2 aromatic carbocycles. The van der Waals surface area contributed by atoms with Crippen molar-refractivity contribution in [1.29, 1.82) is 0 Å². The van der Waals surface area contributed by atoms with Gasteiger partial charge in [0.2, 0.25) is 0 Å². The van der Waals surface area contributed by atoms with Crippen molar-refractivity contribution < 1.29 is 18.4 Å². The number of Topliss-reactive ketones (excluding diaryl/α,β-unsaturated/α-hetero) is 2. The van der Waals surface area contributed by atoms with Gasteiger partial charge in [-0.05, 0) is 6.08 Å². The van der Waals surface area contributed by atoms with Crippen LogP contribution in [0.25, 0.3) is 28.6 Å². The maximum absolute atomic E-state index is 12.8. The second kappa shape index (κ2) is 7.03. The molecule has 0 radical (unpaired) electrons. The molecule has 1 aliphatic rings. The molecule has 0 saturated carbocycles. The number of furan rings is 2. The van der Waals surface area contributed by atoms with E-state index < -0.39 is 11.6 Å². The highest BCUT2D eigenvalue weighted by molar-refractivity contribution is 6.57. The molecule has 0 spiro atoms. The summed E-state index contributed by atoms with van der Waals surface area (Å²) in [5, 5.41) is -0.367. The Labute approximate surface area is 189 Å². The van der Waals surface area contributed by atoms with Crippen LogP contribution in [-0.4, -0.2) is 11.6 Å². The molecule has 1 aliphatic carbocycles. The third kappa shape index (κ3) is 2.83. The van der Waals surface area contributed by atoms with Gasteiger partial charge in [0.05, 0.1) is 36.8 Å². The smallest absolute Gasteiger partial charge is 0.199 e. The van der Waals surface area contributed by atoms with Crippen molar-refractivity contribution in [2.75, 3.05) is 0 Å². The molecule has 0 atom stereocenters. The Hall–Kier alpha value is -2.50.